The lowest BCUT2D eigenvalue weighted by molar-refractivity contribution is -0.148. The highest BCUT2D eigenvalue weighted by Crippen LogP contribution is 2.18. The molecule has 2 aliphatic rings. The van der Waals surface area contributed by atoms with Gasteiger partial charge in [0.25, 0.3) is 0 Å². The van der Waals surface area contributed by atoms with Crippen molar-refractivity contribution in [3.63, 3.8) is 0 Å². The number of methoxy groups -OCH3 is 1. The van der Waals surface area contributed by atoms with Gasteiger partial charge in [0.2, 0.25) is 5.91 Å². The minimum Gasteiger partial charge on any atom is -0.469 e. The molecule has 2 fully saturated rings. The zero-order chi connectivity index (χ0) is 14.4. The van der Waals surface area contributed by atoms with E-state index in [9.17, 15) is 9.59 Å². The summed E-state index contributed by atoms with van der Waals surface area (Å²) in [5, 5.41) is 0. The fourth-order valence-electron chi connectivity index (χ4n) is 3.17. The Morgan fingerprint density at radius 2 is 1.75 bits per heavy atom. The van der Waals surface area contributed by atoms with E-state index in [2.05, 4.69) is 4.90 Å². The van der Waals surface area contributed by atoms with Gasteiger partial charge in [0.1, 0.15) is 0 Å². The minimum atomic E-state index is -0.142. The van der Waals surface area contributed by atoms with Crippen molar-refractivity contribution < 1.29 is 14.3 Å². The van der Waals surface area contributed by atoms with Gasteiger partial charge in [-0.15, -0.1) is 0 Å². The quantitative estimate of drug-likeness (QED) is 0.732. The molecular formula is C15H26N2O3. The van der Waals surface area contributed by atoms with Gasteiger partial charge in [-0.25, -0.2) is 0 Å². The molecule has 2 rings (SSSR count). The lowest BCUT2D eigenvalue weighted by atomic mass is 9.98. The van der Waals surface area contributed by atoms with Crippen LogP contribution >= 0.6 is 0 Å². The first-order valence-electron chi connectivity index (χ1n) is 7.78. The summed E-state index contributed by atoms with van der Waals surface area (Å²) in [4.78, 5) is 28.0. The Morgan fingerprint density at radius 1 is 1.05 bits per heavy atom. The fourth-order valence-corrected chi connectivity index (χ4v) is 3.17. The second-order valence-electron chi connectivity index (χ2n) is 5.89. The molecular weight excluding hydrogens is 256 g/mol. The van der Waals surface area contributed by atoms with E-state index in [0.717, 1.165) is 45.3 Å². The molecule has 2 aliphatic heterocycles. The average Bonchev–Trinajstić information content (AvgIpc) is 2.76. The molecule has 20 heavy (non-hydrogen) atoms. The molecule has 0 aliphatic carbocycles. The lowest BCUT2D eigenvalue weighted by Crippen LogP contribution is -2.46. The summed E-state index contributed by atoms with van der Waals surface area (Å²) >= 11 is 0. The third-order valence-electron chi connectivity index (χ3n) is 4.36. The van der Waals surface area contributed by atoms with Crippen LogP contribution < -0.4 is 0 Å². The van der Waals surface area contributed by atoms with Crippen molar-refractivity contribution in [3.05, 3.63) is 0 Å². The molecule has 0 aromatic heterocycles. The predicted octanol–water partition coefficient (Wildman–Crippen LogP) is 1.27. The Kier molecular flexibility index (Phi) is 5.83. The normalized spacial score (nSPS) is 25.1. The molecule has 1 unspecified atom stereocenters. The summed E-state index contributed by atoms with van der Waals surface area (Å²) in [5.74, 6) is 0.0139. The summed E-state index contributed by atoms with van der Waals surface area (Å²) < 4.78 is 4.81. The van der Waals surface area contributed by atoms with Gasteiger partial charge < -0.3 is 9.64 Å². The van der Waals surface area contributed by atoms with E-state index >= 15 is 0 Å². The van der Waals surface area contributed by atoms with Crippen LogP contribution in [0.25, 0.3) is 0 Å². The molecule has 2 saturated heterocycles. The molecule has 0 bridgehead atoms. The van der Waals surface area contributed by atoms with Gasteiger partial charge in [-0.05, 0) is 32.2 Å². The van der Waals surface area contributed by atoms with Crippen LogP contribution in [0.15, 0.2) is 0 Å². The highest BCUT2D eigenvalue weighted by molar-refractivity contribution is 5.78. The summed E-state index contributed by atoms with van der Waals surface area (Å²) in [5.41, 5.74) is 0. The van der Waals surface area contributed by atoms with E-state index < -0.39 is 0 Å². The Labute approximate surface area is 121 Å². The molecule has 2 heterocycles. The summed E-state index contributed by atoms with van der Waals surface area (Å²) in [6, 6.07) is 0. The maximum Gasteiger partial charge on any atom is 0.309 e. The van der Waals surface area contributed by atoms with E-state index in [-0.39, 0.29) is 17.8 Å². The molecule has 0 radical (unpaired) electrons. The number of nitrogens with zero attached hydrogens (tertiary/aromatic N) is 2. The Balaban J connectivity index is 1.82. The first kappa shape index (κ1) is 15.3. The summed E-state index contributed by atoms with van der Waals surface area (Å²) in [6.07, 6.45) is 6.55. The van der Waals surface area contributed by atoms with Gasteiger partial charge in [-0.2, -0.15) is 0 Å². The Bertz CT molecular complexity index is 338. The van der Waals surface area contributed by atoms with Gasteiger partial charge in [0, 0.05) is 19.6 Å². The van der Waals surface area contributed by atoms with Crippen LogP contribution in [-0.2, 0) is 14.3 Å². The van der Waals surface area contributed by atoms with Crippen LogP contribution in [0.4, 0.5) is 0 Å². The van der Waals surface area contributed by atoms with Gasteiger partial charge in [-0.3, -0.25) is 14.5 Å². The van der Waals surface area contributed by atoms with E-state index in [1.54, 1.807) is 0 Å². The zero-order valence-corrected chi connectivity index (χ0v) is 12.5. The number of hydrogen-bond donors (Lipinski definition) is 0. The van der Waals surface area contributed by atoms with E-state index in [1.165, 1.54) is 20.0 Å². The van der Waals surface area contributed by atoms with Crippen molar-refractivity contribution in [1.29, 1.82) is 0 Å². The standard InChI is InChI=1S/C15H26N2O3/c1-20-15(19)13-7-6-8-16(11-13)12-14(18)17-9-4-2-3-5-10-17/h13H,2-12H2,1H3. The molecule has 114 valence electrons. The third kappa shape index (κ3) is 4.20. The molecule has 5 heteroatoms. The molecule has 0 spiro atoms. The second-order valence-corrected chi connectivity index (χ2v) is 5.89. The number of likely N-dealkylation sites (tertiary alicyclic amines) is 2. The van der Waals surface area contributed by atoms with Crippen LogP contribution in [0.1, 0.15) is 38.5 Å². The second kappa shape index (κ2) is 7.62. The predicted molar refractivity (Wildman–Crippen MR) is 76.2 cm³/mol. The first-order valence-corrected chi connectivity index (χ1v) is 7.78. The van der Waals surface area contributed by atoms with Crippen molar-refractivity contribution in [3.8, 4) is 0 Å². The zero-order valence-electron chi connectivity index (χ0n) is 12.5. The fraction of sp³-hybridized carbons (Fsp3) is 0.867. The highest BCUT2D eigenvalue weighted by atomic mass is 16.5. The number of hydrogen-bond acceptors (Lipinski definition) is 4. The third-order valence-corrected chi connectivity index (χ3v) is 4.36. The maximum absolute atomic E-state index is 12.3. The average molecular weight is 282 g/mol. The summed E-state index contributed by atoms with van der Waals surface area (Å²) in [6.45, 7) is 3.81. The van der Waals surface area contributed by atoms with Crippen molar-refractivity contribution in [2.75, 3.05) is 39.8 Å². The minimum absolute atomic E-state index is 0.0642. The van der Waals surface area contributed by atoms with Gasteiger partial charge >= 0.3 is 5.97 Å². The smallest absolute Gasteiger partial charge is 0.309 e. The van der Waals surface area contributed by atoms with Gasteiger partial charge in [0.15, 0.2) is 0 Å². The number of carbonyl (C=O) groups is 2. The number of piperidine rings is 1. The number of esters is 1. The summed E-state index contributed by atoms with van der Waals surface area (Å²) in [7, 11) is 1.43. The molecule has 0 N–H and O–H groups in total. The van der Waals surface area contributed by atoms with Crippen LogP contribution in [0.2, 0.25) is 0 Å². The molecule has 0 aromatic rings. The highest BCUT2D eigenvalue weighted by Gasteiger charge is 2.28. The van der Waals surface area contributed by atoms with Crippen molar-refractivity contribution in [2.45, 2.75) is 38.5 Å². The van der Waals surface area contributed by atoms with Crippen LogP contribution in [0.3, 0.4) is 0 Å². The number of carbonyl (C=O) groups excluding carboxylic acids is 2. The first-order chi connectivity index (χ1) is 9.70. The molecule has 5 nitrogen and oxygen atoms in total. The Morgan fingerprint density at radius 3 is 2.40 bits per heavy atom. The molecule has 0 saturated carbocycles. The molecule has 1 atom stereocenters. The Hall–Kier alpha value is -1.10. The van der Waals surface area contributed by atoms with Crippen molar-refractivity contribution >= 4 is 11.9 Å². The monoisotopic (exact) mass is 282 g/mol. The number of ether oxygens (including phenoxy) is 1. The largest absolute Gasteiger partial charge is 0.469 e. The van der Waals surface area contributed by atoms with E-state index in [4.69, 9.17) is 4.74 Å². The van der Waals surface area contributed by atoms with Crippen LogP contribution in [-0.4, -0.2) is 61.5 Å². The molecule has 0 aromatic carbocycles. The number of amides is 1. The SMILES string of the molecule is COC(=O)C1CCCN(CC(=O)N2CCCCCC2)C1. The van der Waals surface area contributed by atoms with Crippen LogP contribution in [0, 0.1) is 5.92 Å². The van der Waals surface area contributed by atoms with Crippen LogP contribution in [0.5, 0.6) is 0 Å². The van der Waals surface area contributed by atoms with E-state index in [0.29, 0.717) is 13.1 Å². The van der Waals surface area contributed by atoms with Gasteiger partial charge in [0.05, 0.1) is 19.6 Å². The van der Waals surface area contributed by atoms with E-state index in [1.807, 2.05) is 4.90 Å². The van der Waals surface area contributed by atoms with Crippen molar-refractivity contribution in [1.82, 2.24) is 9.80 Å². The van der Waals surface area contributed by atoms with Gasteiger partial charge in [-0.1, -0.05) is 12.8 Å². The lowest BCUT2D eigenvalue weighted by Gasteiger charge is -2.32. The van der Waals surface area contributed by atoms with Crippen molar-refractivity contribution in [2.24, 2.45) is 5.92 Å². The number of rotatable bonds is 3. The molecule has 1 amide bonds. The maximum atomic E-state index is 12.3. The topological polar surface area (TPSA) is 49.9 Å².